The summed E-state index contributed by atoms with van der Waals surface area (Å²) in [6, 6.07) is 8.96. The number of carbonyl (C=O) groups is 2. The van der Waals surface area contributed by atoms with Crippen LogP contribution in [0.15, 0.2) is 41.3 Å². The molecule has 8 nitrogen and oxygen atoms in total. The van der Waals surface area contributed by atoms with E-state index in [1.54, 1.807) is 38.1 Å². The number of nitrogens with one attached hydrogen (secondary N) is 3. The number of ether oxygens (including phenoxy) is 1. The van der Waals surface area contributed by atoms with Crippen molar-refractivity contribution in [1.82, 2.24) is 4.72 Å². The van der Waals surface area contributed by atoms with Gasteiger partial charge in [0.1, 0.15) is 11.8 Å². The van der Waals surface area contributed by atoms with E-state index in [1.807, 2.05) is 13.0 Å². The third-order valence-corrected chi connectivity index (χ3v) is 6.79. The Morgan fingerprint density at radius 2 is 1.88 bits per heavy atom. The van der Waals surface area contributed by atoms with Crippen LogP contribution in [0.4, 0.5) is 11.4 Å². The van der Waals surface area contributed by atoms with Crippen molar-refractivity contribution < 1.29 is 22.7 Å². The Morgan fingerprint density at radius 3 is 2.56 bits per heavy atom. The third kappa shape index (κ3) is 5.46. The topological polar surface area (TPSA) is 114 Å². The van der Waals surface area contributed by atoms with Crippen LogP contribution >= 0.6 is 0 Å². The predicted octanol–water partition coefficient (Wildman–Crippen LogP) is 3.22. The van der Waals surface area contributed by atoms with Crippen LogP contribution in [0.3, 0.4) is 0 Å². The number of sulfonamides is 1. The maximum Gasteiger partial charge on any atom is 0.242 e. The van der Waals surface area contributed by atoms with Crippen molar-refractivity contribution in [2.75, 3.05) is 17.7 Å². The maximum absolute atomic E-state index is 13.1. The van der Waals surface area contributed by atoms with Gasteiger partial charge in [0, 0.05) is 12.1 Å². The van der Waals surface area contributed by atoms with Crippen molar-refractivity contribution in [1.29, 1.82) is 0 Å². The highest BCUT2D eigenvalue weighted by Crippen LogP contribution is 2.27. The Labute approximate surface area is 188 Å². The number of hydrogen-bond acceptors (Lipinski definition) is 5. The first kappa shape index (κ1) is 23.7. The number of rotatable bonds is 7. The minimum atomic E-state index is -3.98. The fourth-order valence-corrected chi connectivity index (χ4v) is 4.97. The second kappa shape index (κ2) is 9.70. The number of benzene rings is 2. The van der Waals surface area contributed by atoms with E-state index in [4.69, 9.17) is 4.74 Å². The van der Waals surface area contributed by atoms with Gasteiger partial charge in [-0.15, -0.1) is 0 Å². The summed E-state index contributed by atoms with van der Waals surface area (Å²) in [5.74, 6) is -0.377. The number of carbonyl (C=O) groups excluding carboxylic acids is 2. The Kier molecular flexibility index (Phi) is 7.20. The van der Waals surface area contributed by atoms with Crippen LogP contribution in [0.2, 0.25) is 0 Å². The molecule has 0 aromatic heterocycles. The SMILES string of the molecule is COc1ccc(C)cc1NC(=O)[C@@H](NS(=O)(=O)c1ccc2c(c1)CCCC(=O)N2)C(C)C. The van der Waals surface area contributed by atoms with Gasteiger partial charge < -0.3 is 15.4 Å². The quantitative estimate of drug-likeness (QED) is 0.588. The van der Waals surface area contributed by atoms with Gasteiger partial charge in [-0.1, -0.05) is 19.9 Å². The summed E-state index contributed by atoms with van der Waals surface area (Å²) in [5, 5.41) is 5.57. The third-order valence-electron chi connectivity index (χ3n) is 5.36. The first-order valence-electron chi connectivity index (χ1n) is 10.5. The van der Waals surface area contributed by atoms with Crippen molar-refractivity contribution in [3.05, 3.63) is 47.5 Å². The Balaban J connectivity index is 1.84. The maximum atomic E-state index is 13.1. The summed E-state index contributed by atoms with van der Waals surface area (Å²) in [6.45, 7) is 5.43. The van der Waals surface area contributed by atoms with E-state index in [2.05, 4.69) is 15.4 Å². The lowest BCUT2D eigenvalue weighted by Gasteiger charge is -2.22. The second-order valence-electron chi connectivity index (χ2n) is 8.26. The molecule has 3 N–H and O–H groups in total. The number of anilines is 2. The van der Waals surface area contributed by atoms with Gasteiger partial charge in [-0.25, -0.2) is 8.42 Å². The lowest BCUT2D eigenvalue weighted by molar-refractivity contribution is -0.118. The highest BCUT2D eigenvalue weighted by Gasteiger charge is 2.29. The van der Waals surface area contributed by atoms with Crippen molar-refractivity contribution >= 4 is 33.2 Å². The average Bonchev–Trinajstić information content (AvgIpc) is 2.91. The standard InChI is InChI=1S/C23H29N3O5S/c1-14(2)22(23(28)25-19-12-15(3)8-11-20(19)31-4)26-32(29,30)17-9-10-18-16(13-17)6-5-7-21(27)24-18/h8-14,22,26H,5-7H2,1-4H3,(H,24,27)(H,25,28)/t22-/m0/s1. The van der Waals surface area contributed by atoms with Crippen LogP contribution < -0.4 is 20.1 Å². The van der Waals surface area contributed by atoms with Gasteiger partial charge in [0.15, 0.2) is 0 Å². The summed E-state index contributed by atoms with van der Waals surface area (Å²) in [5.41, 5.74) is 2.79. The molecular formula is C23H29N3O5S. The summed E-state index contributed by atoms with van der Waals surface area (Å²) < 4.78 is 34.1. The highest BCUT2D eigenvalue weighted by molar-refractivity contribution is 7.89. The van der Waals surface area contributed by atoms with Crippen molar-refractivity contribution in [2.45, 2.75) is 51.0 Å². The molecule has 1 aliphatic rings. The number of amides is 2. The summed E-state index contributed by atoms with van der Waals surface area (Å²) in [6.07, 6.45) is 1.64. The molecular weight excluding hydrogens is 430 g/mol. The smallest absolute Gasteiger partial charge is 0.242 e. The summed E-state index contributed by atoms with van der Waals surface area (Å²) in [4.78, 5) is 24.8. The number of fused-ring (bicyclic) bond motifs is 1. The van der Waals surface area contributed by atoms with Gasteiger partial charge in [0.25, 0.3) is 0 Å². The minimum Gasteiger partial charge on any atom is -0.495 e. The molecule has 0 spiro atoms. The molecule has 0 fully saturated rings. The molecule has 0 bridgehead atoms. The van der Waals surface area contributed by atoms with Crippen molar-refractivity contribution in [2.24, 2.45) is 5.92 Å². The van der Waals surface area contributed by atoms with Crippen LogP contribution in [0.5, 0.6) is 5.75 Å². The molecule has 1 heterocycles. The Hall–Kier alpha value is -2.91. The summed E-state index contributed by atoms with van der Waals surface area (Å²) >= 11 is 0. The normalized spacial score (nSPS) is 14.8. The van der Waals surface area contributed by atoms with Gasteiger partial charge in [-0.05, 0) is 67.1 Å². The molecule has 0 saturated heterocycles. The zero-order valence-electron chi connectivity index (χ0n) is 18.7. The van der Waals surface area contributed by atoms with Crippen molar-refractivity contribution in [3.63, 3.8) is 0 Å². The molecule has 1 atom stereocenters. The van der Waals surface area contributed by atoms with Gasteiger partial charge >= 0.3 is 0 Å². The minimum absolute atomic E-state index is 0.0546. The number of aryl methyl sites for hydroxylation is 2. The van der Waals surface area contributed by atoms with Crippen LogP contribution in [-0.4, -0.2) is 33.4 Å². The molecule has 2 aromatic rings. The monoisotopic (exact) mass is 459 g/mol. The fourth-order valence-electron chi connectivity index (χ4n) is 3.58. The van der Waals surface area contributed by atoms with Gasteiger partial charge in [0.2, 0.25) is 21.8 Å². The van der Waals surface area contributed by atoms with Gasteiger partial charge in [0.05, 0.1) is 17.7 Å². The van der Waals surface area contributed by atoms with Crippen LogP contribution in [0.25, 0.3) is 0 Å². The van der Waals surface area contributed by atoms with E-state index in [0.29, 0.717) is 36.4 Å². The predicted molar refractivity (Wildman–Crippen MR) is 123 cm³/mol. The fraction of sp³-hybridized carbons (Fsp3) is 0.391. The molecule has 3 rings (SSSR count). The lowest BCUT2D eigenvalue weighted by atomic mass is 10.0. The number of hydrogen-bond donors (Lipinski definition) is 3. The first-order chi connectivity index (χ1) is 15.1. The molecule has 9 heteroatoms. The van der Waals surface area contributed by atoms with Crippen molar-refractivity contribution in [3.8, 4) is 5.75 Å². The molecule has 32 heavy (non-hydrogen) atoms. The number of methoxy groups -OCH3 is 1. The molecule has 0 unspecified atom stereocenters. The second-order valence-corrected chi connectivity index (χ2v) is 9.97. The lowest BCUT2D eigenvalue weighted by Crippen LogP contribution is -2.47. The molecule has 2 aromatic carbocycles. The molecule has 0 radical (unpaired) electrons. The summed E-state index contributed by atoms with van der Waals surface area (Å²) in [7, 11) is -2.48. The zero-order chi connectivity index (χ0) is 23.5. The first-order valence-corrected chi connectivity index (χ1v) is 12.0. The van der Waals surface area contributed by atoms with Crippen LogP contribution in [-0.2, 0) is 26.0 Å². The van der Waals surface area contributed by atoms with E-state index in [1.165, 1.54) is 13.2 Å². The van der Waals surface area contributed by atoms with E-state index in [9.17, 15) is 18.0 Å². The van der Waals surface area contributed by atoms with E-state index in [-0.39, 0.29) is 16.7 Å². The van der Waals surface area contributed by atoms with E-state index < -0.39 is 22.0 Å². The average molecular weight is 460 g/mol. The Morgan fingerprint density at radius 1 is 1.12 bits per heavy atom. The largest absolute Gasteiger partial charge is 0.495 e. The molecule has 1 aliphatic heterocycles. The van der Waals surface area contributed by atoms with E-state index >= 15 is 0 Å². The zero-order valence-corrected chi connectivity index (χ0v) is 19.5. The van der Waals surface area contributed by atoms with Gasteiger partial charge in [-0.2, -0.15) is 4.72 Å². The van der Waals surface area contributed by atoms with Gasteiger partial charge in [-0.3, -0.25) is 9.59 Å². The molecule has 0 aliphatic carbocycles. The molecule has 172 valence electrons. The highest BCUT2D eigenvalue weighted by atomic mass is 32.2. The Bertz CT molecular complexity index is 1130. The van der Waals surface area contributed by atoms with E-state index in [0.717, 1.165) is 11.1 Å². The van der Waals surface area contributed by atoms with Crippen LogP contribution in [0, 0.1) is 12.8 Å². The van der Waals surface area contributed by atoms with Crippen LogP contribution in [0.1, 0.15) is 37.8 Å². The molecule has 2 amide bonds. The molecule has 0 saturated carbocycles.